The molecule has 0 bridgehead atoms. The number of amides is 3. The number of para-hydroxylation sites is 1. The molecule has 3 amide bonds. The van der Waals surface area contributed by atoms with E-state index in [0.717, 1.165) is 33.5 Å². The minimum Gasteiger partial charge on any atom is -0.490 e. The van der Waals surface area contributed by atoms with Gasteiger partial charge in [-0.05, 0) is 78.7 Å². The first-order valence-corrected chi connectivity index (χ1v) is 15.3. The van der Waals surface area contributed by atoms with E-state index in [0.29, 0.717) is 56.3 Å². The number of carbonyl (C=O) groups is 3. The first kappa shape index (κ1) is 30.9. The van der Waals surface area contributed by atoms with Gasteiger partial charge in [0.2, 0.25) is 5.91 Å². The Balaban J connectivity index is 1.28. The van der Waals surface area contributed by atoms with Gasteiger partial charge >= 0.3 is 0 Å². The van der Waals surface area contributed by atoms with Gasteiger partial charge in [-0.2, -0.15) is 0 Å². The molecule has 0 aliphatic carbocycles. The molecule has 228 valence electrons. The van der Waals surface area contributed by atoms with Crippen LogP contribution < -0.4 is 14.4 Å². The standard InChI is InChI=1S/C34H34FN3O5S/c1-3-8-26-19-25(20-29(42-4-2)32(26)43-23-24-11-13-27(35)14-12-24)21-30-33(40)38(34(41)44-30)22-31(39)37-17-15-36(16-18-37)28-9-6-5-7-10-28/h3,5-7,9-14,19-21H,1,4,8,15-18,22-23H2,2H3. The average Bonchev–Trinajstić information content (AvgIpc) is 3.29. The van der Waals surface area contributed by atoms with Crippen molar-refractivity contribution in [1.82, 2.24) is 9.80 Å². The largest absolute Gasteiger partial charge is 0.490 e. The molecule has 0 spiro atoms. The summed E-state index contributed by atoms with van der Waals surface area (Å²) in [6, 6.07) is 19.7. The summed E-state index contributed by atoms with van der Waals surface area (Å²) in [4.78, 5) is 44.4. The smallest absolute Gasteiger partial charge is 0.294 e. The number of anilines is 1. The Morgan fingerprint density at radius 3 is 2.41 bits per heavy atom. The Morgan fingerprint density at radius 2 is 1.73 bits per heavy atom. The van der Waals surface area contributed by atoms with Crippen molar-refractivity contribution in [2.24, 2.45) is 0 Å². The number of benzene rings is 3. The monoisotopic (exact) mass is 615 g/mol. The highest BCUT2D eigenvalue weighted by Gasteiger charge is 2.37. The Labute approximate surface area is 260 Å². The molecule has 2 fully saturated rings. The van der Waals surface area contributed by atoms with Crippen molar-refractivity contribution in [2.75, 3.05) is 44.2 Å². The van der Waals surface area contributed by atoms with Gasteiger partial charge in [-0.15, -0.1) is 6.58 Å². The lowest BCUT2D eigenvalue weighted by molar-refractivity contribution is -0.136. The fourth-order valence-corrected chi connectivity index (χ4v) is 5.95. The molecule has 10 heteroatoms. The molecular formula is C34H34FN3O5S. The van der Waals surface area contributed by atoms with E-state index in [1.54, 1.807) is 35.3 Å². The number of nitrogens with zero attached hydrogens (tertiary/aromatic N) is 3. The molecule has 2 aliphatic rings. The second-order valence-corrected chi connectivity index (χ2v) is 11.3. The SMILES string of the molecule is C=CCc1cc(C=C2SC(=O)N(CC(=O)N3CCN(c4ccccc4)CC3)C2=O)cc(OCC)c1OCc1ccc(F)cc1. The maximum absolute atomic E-state index is 13.3. The summed E-state index contributed by atoms with van der Waals surface area (Å²) < 4.78 is 25.3. The second kappa shape index (κ2) is 14.3. The van der Waals surface area contributed by atoms with Crippen LogP contribution in [0.5, 0.6) is 11.5 Å². The van der Waals surface area contributed by atoms with Crippen molar-refractivity contribution in [3.63, 3.8) is 0 Å². The van der Waals surface area contributed by atoms with Crippen molar-refractivity contribution >= 4 is 40.6 Å². The van der Waals surface area contributed by atoms with Crippen LogP contribution in [0.3, 0.4) is 0 Å². The average molecular weight is 616 g/mol. The molecule has 44 heavy (non-hydrogen) atoms. The van der Waals surface area contributed by atoms with Gasteiger partial charge in [0.15, 0.2) is 11.5 Å². The number of rotatable bonds is 11. The highest BCUT2D eigenvalue weighted by Crippen LogP contribution is 2.38. The molecule has 0 radical (unpaired) electrons. The number of imide groups is 1. The predicted octanol–water partition coefficient (Wildman–Crippen LogP) is 5.92. The number of hydrogen-bond donors (Lipinski definition) is 0. The topological polar surface area (TPSA) is 79.4 Å². The number of halogens is 1. The highest BCUT2D eigenvalue weighted by molar-refractivity contribution is 8.18. The molecular weight excluding hydrogens is 581 g/mol. The summed E-state index contributed by atoms with van der Waals surface area (Å²) in [5.41, 5.74) is 3.33. The summed E-state index contributed by atoms with van der Waals surface area (Å²) in [7, 11) is 0. The maximum Gasteiger partial charge on any atom is 0.294 e. The molecule has 2 aliphatic heterocycles. The van der Waals surface area contributed by atoms with Crippen molar-refractivity contribution in [3.05, 3.63) is 107 Å². The van der Waals surface area contributed by atoms with Crippen molar-refractivity contribution < 1.29 is 28.2 Å². The van der Waals surface area contributed by atoms with Crippen LogP contribution in [0, 0.1) is 5.82 Å². The van der Waals surface area contributed by atoms with Crippen LogP contribution in [0.4, 0.5) is 14.9 Å². The fraction of sp³-hybridized carbons (Fsp3) is 0.265. The minimum atomic E-state index is -0.504. The zero-order valence-corrected chi connectivity index (χ0v) is 25.4. The zero-order valence-electron chi connectivity index (χ0n) is 24.5. The summed E-state index contributed by atoms with van der Waals surface area (Å²) in [5, 5.41) is -0.479. The number of hydrogen-bond acceptors (Lipinski definition) is 7. The van der Waals surface area contributed by atoms with Gasteiger partial charge in [-0.25, -0.2) is 4.39 Å². The van der Waals surface area contributed by atoms with Crippen LogP contribution in [0.15, 0.2) is 84.3 Å². The van der Waals surface area contributed by atoms with E-state index in [1.165, 1.54) is 12.1 Å². The Morgan fingerprint density at radius 1 is 1.00 bits per heavy atom. The first-order valence-electron chi connectivity index (χ1n) is 14.5. The number of allylic oxidation sites excluding steroid dienone is 1. The van der Waals surface area contributed by atoms with E-state index in [4.69, 9.17) is 9.47 Å². The van der Waals surface area contributed by atoms with E-state index in [1.807, 2.05) is 43.3 Å². The van der Waals surface area contributed by atoms with Crippen LogP contribution in [0.25, 0.3) is 6.08 Å². The van der Waals surface area contributed by atoms with Crippen molar-refractivity contribution in [1.29, 1.82) is 0 Å². The lowest BCUT2D eigenvalue weighted by Gasteiger charge is -2.36. The van der Waals surface area contributed by atoms with Crippen molar-refractivity contribution in [2.45, 2.75) is 20.0 Å². The molecule has 2 saturated heterocycles. The number of thioether (sulfide) groups is 1. The molecule has 5 rings (SSSR count). The van der Waals surface area contributed by atoms with Gasteiger partial charge in [0.1, 0.15) is 19.0 Å². The van der Waals surface area contributed by atoms with E-state index in [2.05, 4.69) is 11.5 Å². The lowest BCUT2D eigenvalue weighted by atomic mass is 10.0. The number of piperazine rings is 1. The molecule has 8 nitrogen and oxygen atoms in total. The number of ether oxygens (including phenoxy) is 2. The van der Waals surface area contributed by atoms with Crippen molar-refractivity contribution in [3.8, 4) is 11.5 Å². The minimum absolute atomic E-state index is 0.206. The lowest BCUT2D eigenvalue weighted by Crippen LogP contribution is -2.51. The fourth-order valence-electron chi connectivity index (χ4n) is 5.11. The van der Waals surface area contributed by atoms with E-state index in [9.17, 15) is 18.8 Å². The molecule has 0 saturated carbocycles. The van der Waals surface area contributed by atoms with Gasteiger partial charge in [-0.3, -0.25) is 19.3 Å². The number of carbonyl (C=O) groups excluding carboxylic acids is 3. The molecule has 0 N–H and O–H groups in total. The molecule has 3 aromatic rings. The van der Waals surface area contributed by atoms with Crippen LogP contribution in [-0.4, -0.2) is 66.2 Å². The van der Waals surface area contributed by atoms with Crippen LogP contribution in [0.1, 0.15) is 23.6 Å². The Hall–Kier alpha value is -4.57. The maximum atomic E-state index is 13.3. The van der Waals surface area contributed by atoms with E-state index >= 15 is 0 Å². The second-order valence-electron chi connectivity index (χ2n) is 10.3. The first-order chi connectivity index (χ1) is 21.4. The molecule has 2 heterocycles. The highest BCUT2D eigenvalue weighted by atomic mass is 32.2. The summed E-state index contributed by atoms with van der Waals surface area (Å²) in [6.45, 7) is 8.38. The summed E-state index contributed by atoms with van der Waals surface area (Å²) in [5.74, 6) is -0.0774. The molecule has 0 aromatic heterocycles. The molecule has 0 unspecified atom stereocenters. The van der Waals surface area contributed by atoms with E-state index in [-0.39, 0.29) is 29.8 Å². The third-order valence-electron chi connectivity index (χ3n) is 7.33. The van der Waals surface area contributed by atoms with Gasteiger partial charge in [0, 0.05) is 37.4 Å². The van der Waals surface area contributed by atoms with Crippen LogP contribution in [-0.2, 0) is 22.6 Å². The summed E-state index contributed by atoms with van der Waals surface area (Å²) in [6.07, 6.45) is 3.83. The van der Waals surface area contributed by atoms with E-state index < -0.39 is 11.1 Å². The predicted molar refractivity (Wildman–Crippen MR) is 170 cm³/mol. The van der Waals surface area contributed by atoms with Crippen LogP contribution in [0.2, 0.25) is 0 Å². The Kier molecular flexibility index (Phi) is 10.0. The quantitative estimate of drug-likeness (QED) is 0.196. The molecule has 3 aromatic carbocycles. The summed E-state index contributed by atoms with van der Waals surface area (Å²) >= 11 is 0.811. The van der Waals surface area contributed by atoms with Gasteiger partial charge < -0.3 is 19.3 Å². The third-order valence-corrected chi connectivity index (χ3v) is 8.24. The zero-order chi connectivity index (χ0) is 31.1. The van der Waals surface area contributed by atoms with Gasteiger partial charge in [0.05, 0.1) is 11.5 Å². The Bertz CT molecular complexity index is 1550. The molecule has 0 atom stereocenters. The van der Waals surface area contributed by atoms with Gasteiger partial charge in [-0.1, -0.05) is 36.4 Å². The third kappa shape index (κ3) is 7.31. The normalized spacial score (nSPS) is 16.0. The van der Waals surface area contributed by atoms with Crippen LogP contribution >= 0.6 is 11.8 Å². The van der Waals surface area contributed by atoms with Gasteiger partial charge in [0.25, 0.3) is 11.1 Å².